The fraction of sp³-hybridized carbons (Fsp3) is 0.231. The Morgan fingerprint density at radius 2 is 2.10 bits per heavy atom. The maximum Gasteiger partial charge on any atom is 0.305 e. The molecule has 5 rings (SSSR count). The first-order valence-electron chi connectivity index (χ1n) is 11.7. The molecule has 13 heteroatoms. The molecular formula is C26H22Cl2FN3O5S2. The highest BCUT2D eigenvalue weighted by Gasteiger charge is 2.38. The van der Waals surface area contributed by atoms with Gasteiger partial charge in [0.2, 0.25) is 0 Å². The molecule has 8 nitrogen and oxygen atoms in total. The number of carbonyl (C=O) groups is 1. The SMILES string of the molecule is COC(=O)CC[C@H]1CN(S(=O)(=O)c2c(Cl)nc3sccn23)c2cc(/C=C(\C)c3c(F)cccc3Cl)ccc2O1. The Morgan fingerprint density at radius 1 is 1.31 bits per heavy atom. The predicted molar refractivity (Wildman–Crippen MR) is 150 cm³/mol. The van der Waals surface area contributed by atoms with Gasteiger partial charge in [-0.25, -0.2) is 9.37 Å². The number of benzene rings is 2. The number of ether oxygens (including phenoxy) is 2. The lowest BCUT2D eigenvalue weighted by Gasteiger charge is -2.35. The van der Waals surface area contributed by atoms with Gasteiger partial charge in [0.1, 0.15) is 17.7 Å². The van der Waals surface area contributed by atoms with Crippen LogP contribution >= 0.6 is 34.5 Å². The lowest BCUT2D eigenvalue weighted by Crippen LogP contribution is -2.44. The third kappa shape index (κ3) is 5.23. The van der Waals surface area contributed by atoms with Gasteiger partial charge in [-0.2, -0.15) is 8.42 Å². The molecule has 3 heterocycles. The summed E-state index contributed by atoms with van der Waals surface area (Å²) >= 11 is 13.8. The van der Waals surface area contributed by atoms with Crippen molar-refractivity contribution in [3.8, 4) is 5.75 Å². The molecule has 2 aromatic carbocycles. The summed E-state index contributed by atoms with van der Waals surface area (Å²) in [5.41, 5.74) is 1.68. The summed E-state index contributed by atoms with van der Waals surface area (Å²) in [6.45, 7) is 1.64. The van der Waals surface area contributed by atoms with Crippen LogP contribution in [0.25, 0.3) is 16.6 Å². The van der Waals surface area contributed by atoms with E-state index in [2.05, 4.69) is 4.98 Å². The number of anilines is 1. The molecule has 2 aromatic heterocycles. The first kappa shape index (κ1) is 27.4. The van der Waals surface area contributed by atoms with E-state index in [0.717, 1.165) is 0 Å². The Hall–Kier alpha value is -3.12. The molecule has 0 saturated carbocycles. The number of thiazole rings is 1. The molecule has 0 N–H and O–H groups in total. The number of hydrogen-bond acceptors (Lipinski definition) is 7. The van der Waals surface area contributed by atoms with Crippen molar-refractivity contribution in [2.24, 2.45) is 0 Å². The molecule has 1 atom stereocenters. The molecule has 0 unspecified atom stereocenters. The molecule has 4 aromatic rings. The molecule has 0 aliphatic carbocycles. The van der Waals surface area contributed by atoms with Crippen molar-refractivity contribution in [2.45, 2.75) is 30.9 Å². The molecular weight excluding hydrogens is 588 g/mol. The second-order valence-corrected chi connectivity index (χ2v) is 12.2. The van der Waals surface area contributed by atoms with E-state index in [1.807, 2.05) is 0 Å². The van der Waals surface area contributed by atoms with Crippen LogP contribution in [0.3, 0.4) is 0 Å². The Balaban J connectivity index is 1.59. The van der Waals surface area contributed by atoms with Crippen LogP contribution in [0.5, 0.6) is 5.75 Å². The summed E-state index contributed by atoms with van der Waals surface area (Å²) in [4.78, 5) is 16.4. The minimum Gasteiger partial charge on any atom is -0.486 e. The largest absolute Gasteiger partial charge is 0.486 e. The number of methoxy groups -OCH3 is 1. The van der Waals surface area contributed by atoms with E-state index in [-0.39, 0.29) is 45.8 Å². The van der Waals surface area contributed by atoms with Gasteiger partial charge in [-0.05, 0) is 48.7 Å². The van der Waals surface area contributed by atoms with E-state index in [1.54, 1.807) is 48.8 Å². The fourth-order valence-corrected chi connectivity index (χ4v) is 7.67. The summed E-state index contributed by atoms with van der Waals surface area (Å²) in [6, 6.07) is 9.46. The monoisotopic (exact) mass is 609 g/mol. The average Bonchev–Trinajstić information content (AvgIpc) is 3.46. The van der Waals surface area contributed by atoms with Crippen LogP contribution in [0.2, 0.25) is 10.2 Å². The van der Waals surface area contributed by atoms with Crippen molar-refractivity contribution >= 4 is 72.8 Å². The zero-order valence-corrected chi connectivity index (χ0v) is 23.9. The zero-order valence-electron chi connectivity index (χ0n) is 20.7. The number of nitrogens with zero attached hydrogens (tertiary/aromatic N) is 3. The van der Waals surface area contributed by atoms with Crippen molar-refractivity contribution in [1.29, 1.82) is 0 Å². The Bertz CT molecular complexity index is 1700. The number of rotatable bonds is 7. The van der Waals surface area contributed by atoms with Crippen LogP contribution in [0.4, 0.5) is 10.1 Å². The highest BCUT2D eigenvalue weighted by molar-refractivity contribution is 7.92. The first-order valence-corrected chi connectivity index (χ1v) is 14.8. The first-order chi connectivity index (χ1) is 18.6. The lowest BCUT2D eigenvalue weighted by molar-refractivity contribution is -0.141. The number of imidazole rings is 1. The summed E-state index contributed by atoms with van der Waals surface area (Å²) < 4.78 is 56.1. The van der Waals surface area contributed by atoms with Crippen LogP contribution in [-0.4, -0.2) is 43.5 Å². The number of carbonyl (C=O) groups excluding carboxylic acids is 1. The van der Waals surface area contributed by atoms with Gasteiger partial charge in [-0.15, -0.1) is 11.3 Å². The Morgan fingerprint density at radius 3 is 2.85 bits per heavy atom. The quantitative estimate of drug-likeness (QED) is 0.180. The second-order valence-electron chi connectivity index (χ2n) is 8.81. The van der Waals surface area contributed by atoms with E-state index in [0.29, 0.717) is 21.8 Å². The maximum atomic E-state index is 14.5. The van der Waals surface area contributed by atoms with Crippen LogP contribution < -0.4 is 9.04 Å². The fourth-order valence-electron chi connectivity index (χ4n) is 4.45. The third-order valence-electron chi connectivity index (χ3n) is 6.27. The number of hydrogen-bond donors (Lipinski definition) is 0. The maximum absolute atomic E-state index is 14.5. The van der Waals surface area contributed by atoms with Crippen molar-refractivity contribution in [3.63, 3.8) is 0 Å². The average molecular weight is 611 g/mol. The summed E-state index contributed by atoms with van der Waals surface area (Å²) in [5, 5.41) is 1.65. The summed E-state index contributed by atoms with van der Waals surface area (Å²) in [6.07, 6.45) is 2.95. The van der Waals surface area contributed by atoms with Crippen LogP contribution in [0, 0.1) is 5.82 Å². The van der Waals surface area contributed by atoms with Gasteiger partial charge < -0.3 is 9.47 Å². The van der Waals surface area contributed by atoms with Crippen molar-refractivity contribution in [3.05, 3.63) is 75.1 Å². The smallest absolute Gasteiger partial charge is 0.305 e. The van der Waals surface area contributed by atoms with Gasteiger partial charge >= 0.3 is 5.97 Å². The lowest BCUT2D eigenvalue weighted by atomic mass is 10.0. The second kappa shape index (κ2) is 10.8. The summed E-state index contributed by atoms with van der Waals surface area (Å²) in [7, 11) is -2.95. The molecule has 0 radical (unpaired) electrons. The molecule has 0 bridgehead atoms. The van der Waals surface area contributed by atoms with E-state index >= 15 is 0 Å². The normalized spacial score (nSPS) is 15.8. The van der Waals surface area contributed by atoms with Gasteiger partial charge in [-0.3, -0.25) is 13.5 Å². The van der Waals surface area contributed by atoms with Crippen LogP contribution in [-0.2, 0) is 19.6 Å². The highest BCUT2D eigenvalue weighted by atomic mass is 35.5. The number of allylic oxidation sites excluding steroid dienone is 1. The van der Waals surface area contributed by atoms with Crippen molar-refractivity contribution < 1.29 is 27.1 Å². The molecule has 39 heavy (non-hydrogen) atoms. The van der Waals surface area contributed by atoms with E-state index in [1.165, 1.54) is 39.3 Å². The molecule has 0 amide bonds. The van der Waals surface area contributed by atoms with E-state index in [4.69, 9.17) is 32.7 Å². The summed E-state index contributed by atoms with van der Waals surface area (Å²) in [5.74, 6) is -0.591. The van der Waals surface area contributed by atoms with Gasteiger partial charge in [0.25, 0.3) is 10.0 Å². The van der Waals surface area contributed by atoms with Crippen LogP contribution in [0.15, 0.2) is 53.0 Å². The van der Waals surface area contributed by atoms with Crippen LogP contribution in [0.1, 0.15) is 30.9 Å². The van der Waals surface area contributed by atoms with Crippen molar-refractivity contribution in [2.75, 3.05) is 18.0 Å². The highest BCUT2D eigenvalue weighted by Crippen LogP contribution is 2.41. The Kier molecular flexibility index (Phi) is 7.60. The van der Waals surface area contributed by atoms with Gasteiger partial charge in [-0.1, -0.05) is 41.4 Å². The third-order valence-corrected chi connectivity index (χ3v) is 9.52. The van der Waals surface area contributed by atoms with E-state index in [9.17, 15) is 17.6 Å². The zero-order chi connectivity index (χ0) is 27.9. The molecule has 0 saturated heterocycles. The number of halogens is 3. The predicted octanol–water partition coefficient (Wildman–Crippen LogP) is 6.31. The van der Waals surface area contributed by atoms with E-state index < -0.39 is 27.9 Å². The topological polar surface area (TPSA) is 90.2 Å². The number of aromatic nitrogens is 2. The van der Waals surface area contributed by atoms with Crippen molar-refractivity contribution in [1.82, 2.24) is 9.38 Å². The van der Waals surface area contributed by atoms with Gasteiger partial charge in [0, 0.05) is 23.6 Å². The molecule has 0 spiro atoms. The minimum atomic E-state index is -4.24. The standard InChI is InChI=1S/C26H22Cl2FN3O5S2/c1-15(23-18(27)4-3-5-19(23)29)12-16-6-8-21-20(13-16)32(14-17(37-21)7-9-22(33)36-2)39(34,35)25-24(28)30-26-31(25)10-11-38-26/h3-6,8,10-13,17H,7,9,14H2,1-2H3/b15-12+/t17-/m0/s1. The van der Waals surface area contributed by atoms with Gasteiger partial charge in [0.15, 0.2) is 15.1 Å². The number of fused-ring (bicyclic) bond motifs is 2. The minimum absolute atomic E-state index is 0.0516. The molecule has 1 aliphatic heterocycles. The Labute approximate surface area is 238 Å². The molecule has 0 fully saturated rings. The number of sulfonamides is 1. The van der Waals surface area contributed by atoms with Gasteiger partial charge in [0.05, 0.1) is 24.4 Å². The molecule has 204 valence electrons. The molecule has 1 aliphatic rings. The number of esters is 1.